The Labute approximate surface area is 233 Å². The van der Waals surface area contributed by atoms with Crippen LogP contribution in [0.25, 0.3) is 11.3 Å². The summed E-state index contributed by atoms with van der Waals surface area (Å²) in [4.78, 5) is 42.8. The molecule has 2 aliphatic heterocycles. The van der Waals surface area contributed by atoms with Crippen LogP contribution >= 0.6 is 0 Å². The maximum absolute atomic E-state index is 14.4. The monoisotopic (exact) mass is 560 g/mol. The van der Waals surface area contributed by atoms with Gasteiger partial charge in [-0.3, -0.25) is 14.5 Å². The number of aryl methyl sites for hydroxylation is 1. The van der Waals surface area contributed by atoms with Crippen molar-refractivity contribution in [2.75, 3.05) is 25.1 Å². The standard InChI is InChI=1S/C28H26F2N8O3/c1-16-11-31-26(35-25(16)19-5-4-18(29)10-20(19)30)27(39)34-21-14-41-23-6-3-17(9-22(23)36(2)28(21)40)12-37-7-8-38-24(13-37)32-15-33-38/h3-6,9-11,15,21H,7-8,12-14H2,1-2H3,(H,34,39). The summed E-state index contributed by atoms with van der Waals surface area (Å²) < 4.78 is 35.6. The number of aromatic nitrogens is 5. The Hall–Kier alpha value is -4.78. The highest BCUT2D eigenvalue weighted by Gasteiger charge is 2.32. The van der Waals surface area contributed by atoms with E-state index in [1.54, 1.807) is 20.3 Å². The minimum atomic E-state index is -1.02. The largest absolute Gasteiger partial charge is 0.489 e. The second-order valence-electron chi connectivity index (χ2n) is 10.00. The predicted molar refractivity (Wildman–Crippen MR) is 143 cm³/mol. The lowest BCUT2D eigenvalue weighted by Gasteiger charge is -2.27. The average molecular weight is 561 g/mol. The summed E-state index contributed by atoms with van der Waals surface area (Å²) in [6.07, 6.45) is 2.94. The van der Waals surface area contributed by atoms with Crippen LogP contribution in [0.5, 0.6) is 5.75 Å². The summed E-state index contributed by atoms with van der Waals surface area (Å²) >= 11 is 0. The zero-order valence-corrected chi connectivity index (χ0v) is 22.3. The lowest BCUT2D eigenvalue weighted by molar-refractivity contribution is -0.120. The van der Waals surface area contributed by atoms with Gasteiger partial charge in [-0.25, -0.2) is 28.4 Å². The van der Waals surface area contributed by atoms with Crippen LogP contribution in [0.1, 0.15) is 27.6 Å². The Kier molecular flexibility index (Phi) is 6.87. The topological polar surface area (TPSA) is 118 Å². The second-order valence-corrected chi connectivity index (χ2v) is 10.00. The Balaban J connectivity index is 1.17. The Morgan fingerprint density at radius 1 is 1.15 bits per heavy atom. The smallest absolute Gasteiger partial charge is 0.289 e. The van der Waals surface area contributed by atoms with Gasteiger partial charge in [0.25, 0.3) is 11.8 Å². The van der Waals surface area contributed by atoms with Crippen molar-refractivity contribution in [1.29, 1.82) is 0 Å². The van der Waals surface area contributed by atoms with Crippen molar-refractivity contribution in [2.45, 2.75) is 32.6 Å². The molecule has 210 valence electrons. The van der Waals surface area contributed by atoms with Gasteiger partial charge < -0.3 is 15.0 Å². The van der Waals surface area contributed by atoms with Crippen molar-refractivity contribution in [3.05, 3.63) is 83.3 Å². The zero-order chi connectivity index (χ0) is 28.7. The number of nitrogens with one attached hydrogen (secondary N) is 1. The van der Waals surface area contributed by atoms with Gasteiger partial charge >= 0.3 is 0 Å². The van der Waals surface area contributed by atoms with E-state index < -0.39 is 23.6 Å². The van der Waals surface area contributed by atoms with E-state index in [4.69, 9.17) is 4.74 Å². The van der Waals surface area contributed by atoms with Crippen molar-refractivity contribution in [1.82, 2.24) is 34.9 Å². The maximum atomic E-state index is 14.4. The average Bonchev–Trinajstić information content (AvgIpc) is 3.39. The van der Waals surface area contributed by atoms with Crippen LogP contribution in [0.2, 0.25) is 0 Å². The third-order valence-corrected chi connectivity index (χ3v) is 7.18. The summed E-state index contributed by atoms with van der Waals surface area (Å²) in [5, 5.41) is 6.85. The molecule has 4 heterocycles. The molecule has 2 aromatic heterocycles. The number of halogens is 2. The van der Waals surface area contributed by atoms with Crippen molar-refractivity contribution >= 4 is 17.5 Å². The molecule has 0 saturated heterocycles. The molecule has 41 heavy (non-hydrogen) atoms. The molecule has 13 heteroatoms. The van der Waals surface area contributed by atoms with E-state index in [0.29, 0.717) is 30.1 Å². The summed E-state index contributed by atoms with van der Waals surface area (Å²) in [6.45, 7) is 4.46. The molecule has 11 nitrogen and oxygen atoms in total. The van der Waals surface area contributed by atoms with Crippen LogP contribution in [-0.4, -0.2) is 67.7 Å². The van der Waals surface area contributed by atoms with Gasteiger partial charge in [-0.2, -0.15) is 5.10 Å². The van der Waals surface area contributed by atoms with E-state index in [2.05, 4.69) is 30.3 Å². The van der Waals surface area contributed by atoms with Gasteiger partial charge in [0.15, 0.2) is 0 Å². The molecular formula is C28H26F2N8O3. The first-order valence-electron chi connectivity index (χ1n) is 13.0. The number of carbonyl (C=O) groups excluding carboxylic acids is 2. The minimum Gasteiger partial charge on any atom is -0.489 e. The molecule has 0 saturated carbocycles. The lowest BCUT2D eigenvalue weighted by Crippen LogP contribution is -2.49. The third kappa shape index (κ3) is 5.23. The van der Waals surface area contributed by atoms with Crippen molar-refractivity contribution in [3.63, 3.8) is 0 Å². The van der Waals surface area contributed by atoms with Gasteiger partial charge in [0, 0.05) is 38.0 Å². The number of likely N-dealkylation sites (N-methyl/N-ethyl adjacent to an activating group) is 1. The van der Waals surface area contributed by atoms with Crippen molar-refractivity contribution < 1.29 is 23.1 Å². The number of rotatable bonds is 5. The molecule has 1 unspecified atom stereocenters. The highest BCUT2D eigenvalue weighted by molar-refractivity contribution is 6.02. The second kappa shape index (κ2) is 10.7. The third-order valence-electron chi connectivity index (χ3n) is 7.18. The van der Waals surface area contributed by atoms with E-state index in [0.717, 1.165) is 36.6 Å². The SMILES string of the molecule is Cc1cnc(C(=O)NC2COc3ccc(CN4CCn5ncnc5C4)cc3N(C)C2=O)nc1-c1ccc(F)cc1F. The number of nitrogens with zero attached hydrogens (tertiary/aromatic N) is 7. The first-order valence-corrected chi connectivity index (χ1v) is 13.0. The normalized spacial score (nSPS) is 16.9. The predicted octanol–water partition coefficient (Wildman–Crippen LogP) is 2.49. The number of amides is 2. The molecule has 6 rings (SSSR count). The number of carbonyl (C=O) groups is 2. The summed E-state index contributed by atoms with van der Waals surface area (Å²) in [7, 11) is 1.62. The number of hydrogen-bond donors (Lipinski definition) is 1. The van der Waals surface area contributed by atoms with Gasteiger partial charge in [0.2, 0.25) is 5.82 Å². The van der Waals surface area contributed by atoms with Crippen molar-refractivity contribution in [2.24, 2.45) is 0 Å². The molecule has 0 radical (unpaired) electrons. The first-order chi connectivity index (χ1) is 19.8. The molecule has 1 atom stereocenters. The van der Waals surface area contributed by atoms with Crippen LogP contribution in [-0.2, 0) is 24.4 Å². The van der Waals surface area contributed by atoms with Crippen LogP contribution in [0.4, 0.5) is 14.5 Å². The fourth-order valence-corrected chi connectivity index (χ4v) is 4.98. The summed E-state index contributed by atoms with van der Waals surface area (Å²) in [5.41, 5.74) is 2.27. The number of fused-ring (bicyclic) bond motifs is 2. The van der Waals surface area contributed by atoms with E-state index in [9.17, 15) is 18.4 Å². The first kappa shape index (κ1) is 26.4. The number of anilines is 1. The van der Waals surface area contributed by atoms with E-state index in [1.807, 2.05) is 22.9 Å². The van der Waals surface area contributed by atoms with Crippen LogP contribution in [0.15, 0.2) is 48.9 Å². The summed E-state index contributed by atoms with van der Waals surface area (Å²) in [6, 6.07) is 7.76. The molecule has 2 amide bonds. The summed E-state index contributed by atoms with van der Waals surface area (Å²) in [5.74, 6) is -1.48. The fourth-order valence-electron chi connectivity index (χ4n) is 4.98. The highest BCUT2D eigenvalue weighted by atomic mass is 19.1. The maximum Gasteiger partial charge on any atom is 0.289 e. The Morgan fingerprint density at radius 2 is 2.00 bits per heavy atom. The lowest BCUT2D eigenvalue weighted by atomic mass is 10.1. The molecular weight excluding hydrogens is 534 g/mol. The van der Waals surface area contributed by atoms with Gasteiger partial charge in [0.1, 0.15) is 42.2 Å². The van der Waals surface area contributed by atoms with E-state index in [-0.39, 0.29) is 29.6 Å². The van der Waals surface area contributed by atoms with Gasteiger partial charge in [-0.05, 0) is 42.3 Å². The van der Waals surface area contributed by atoms with Gasteiger partial charge in [0.05, 0.1) is 24.5 Å². The fraction of sp³-hybridized carbons (Fsp3) is 0.286. The molecule has 0 fully saturated rings. The number of hydrogen-bond acceptors (Lipinski definition) is 8. The van der Waals surface area contributed by atoms with Gasteiger partial charge in [-0.1, -0.05) is 6.07 Å². The number of benzene rings is 2. The quantitative estimate of drug-likeness (QED) is 0.396. The van der Waals surface area contributed by atoms with Gasteiger partial charge in [-0.15, -0.1) is 0 Å². The van der Waals surface area contributed by atoms with E-state index >= 15 is 0 Å². The van der Waals surface area contributed by atoms with Crippen LogP contribution < -0.4 is 15.0 Å². The van der Waals surface area contributed by atoms with Crippen LogP contribution in [0.3, 0.4) is 0 Å². The van der Waals surface area contributed by atoms with E-state index in [1.165, 1.54) is 17.2 Å². The highest BCUT2D eigenvalue weighted by Crippen LogP contribution is 2.32. The zero-order valence-electron chi connectivity index (χ0n) is 22.3. The molecule has 4 aromatic rings. The van der Waals surface area contributed by atoms with Crippen molar-refractivity contribution in [3.8, 4) is 17.0 Å². The Bertz CT molecular complexity index is 1660. The minimum absolute atomic E-state index is 0.0339. The molecule has 2 aliphatic rings. The molecule has 0 spiro atoms. The van der Waals surface area contributed by atoms with Crippen LogP contribution in [0, 0.1) is 18.6 Å². The molecule has 0 bridgehead atoms. The molecule has 2 aromatic carbocycles. The molecule has 1 N–H and O–H groups in total. The number of ether oxygens (including phenoxy) is 1. The Morgan fingerprint density at radius 3 is 2.83 bits per heavy atom. The molecule has 0 aliphatic carbocycles.